The summed E-state index contributed by atoms with van der Waals surface area (Å²) in [7, 11) is 1.54. The van der Waals surface area contributed by atoms with Crippen LogP contribution in [0.3, 0.4) is 0 Å². The third-order valence-electron chi connectivity index (χ3n) is 2.69. The van der Waals surface area contributed by atoms with Crippen LogP contribution < -0.4 is 0 Å². The molecular weight excluding hydrogens is 264 g/mol. The highest BCUT2D eigenvalue weighted by molar-refractivity contribution is 5.88. The van der Waals surface area contributed by atoms with Crippen LogP contribution in [-0.4, -0.2) is 46.4 Å². The lowest BCUT2D eigenvalue weighted by Crippen LogP contribution is -2.12. The van der Waals surface area contributed by atoms with Gasteiger partial charge in [0.15, 0.2) is 5.69 Å². The SMILES string of the molecule is COCCOC(=O)c1nnn(Cc2cc(C)on2)c1C. The standard InChI is InChI=1S/C12H16N4O4/c1-8-6-10(14-20-8)7-16-9(2)11(13-15-16)12(17)19-5-4-18-3/h6H,4-5,7H2,1-3H3. The lowest BCUT2D eigenvalue weighted by Gasteiger charge is -2.03. The molecule has 0 bridgehead atoms. The second-order valence-electron chi connectivity index (χ2n) is 4.24. The van der Waals surface area contributed by atoms with E-state index < -0.39 is 5.97 Å². The summed E-state index contributed by atoms with van der Waals surface area (Å²) in [5.74, 6) is 0.208. The zero-order chi connectivity index (χ0) is 14.5. The molecule has 20 heavy (non-hydrogen) atoms. The normalized spacial score (nSPS) is 10.8. The van der Waals surface area contributed by atoms with E-state index in [1.807, 2.05) is 6.92 Å². The second-order valence-corrected chi connectivity index (χ2v) is 4.24. The number of carbonyl (C=O) groups is 1. The Hall–Kier alpha value is -2.22. The summed E-state index contributed by atoms with van der Waals surface area (Å²) in [5.41, 5.74) is 1.53. The van der Waals surface area contributed by atoms with E-state index in [0.29, 0.717) is 18.8 Å². The van der Waals surface area contributed by atoms with Crippen LogP contribution in [0.15, 0.2) is 10.6 Å². The number of aromatic nitrogens is 4. The summed E-state index contributed by atoms with van der Waals surface area (Å²) in [6, 6.07) is 1.80. The first kappa shape index (κ1) is 14.2. The number of ether oxygens (including phenoxy) is 2. The Kier molecular flexibility index (Phi) is 4.46. The van der Waals surface area contributed by atoms with Crippen LogP contribution in [-0.2, 0) is 16.0 Å². The van der Waals surface area contributed by atoms with Crippen LogP contribution >= 0.6 is 0 Å². The monoisotopic (exact) mass is 280 g/mol. The summed E-state index contributed by atoms with van der Waals surface area (Å²) in [6.07, 6.45) is 0. The third kappa shape index (κ3) is 3.21. The number of aryl methyl sites for hydroxylation is 1. The van der Waals surface area contributed by atoms with E-state index >= 15 is 0 Å². The quantitative estimate of drug-likeness (QED) is 0.569. The van der Waals surface area contributed by atoms with Crippen LogP contribution in [0.4, 0.5) is 0 Å². The molecule has 8 nitrogen and oxygen atoms in total. The molecule has 108 valence electrons. The van der Waals surface area contributed by atoms with Crippen molar-refractivity contribution in [2.24, 2.45) is 0 Å². The van der Waals surface area contributed by atoms with Crippen LogP contribution in [0.2, 0.25) is 0 Å². The van der Waals surface area contributed by atoms with Gasteiger partial charge in [-0.25, -0.2) is 9.48 Å². The van der Waals surface area contributed by atoms with Crippen molar-refractivity contribution in [1.82, 2.24) is 20.2 Å². The van der Waals surface area contributed by atoms with Crippen LogP contribution in [0.1, 0.15) is 27.6 Å². The van der Waals surface area contributed by atoms with Gasteiger partial charge in [-0.2, -0.15) is 0 Å². The van der Waals surface area contributed by atoms with E-state index in [2.05, 4.69) is 15.5 Å². The Labute approximate surface area is 115 Å². The van der Waals surface area contributed by atoms with Crippen molar-refractivity contribution in [2.45, 2.75) is 20.4 Å². The van der Waals surface area contributed by atoms with E-state index in [1.165, 1.54) is 7.11 Å². The van der Waals surface area contributed by atoms with E-state index in [9.17, 15) is 4.79 Å². The smallest absolute Gasteiger partial charge is 0.360 e. The molecule has 0 saturated heterocycles. The third-order valence-corrected chi connectivity index (χ3v) is 2.69. The molecule has 0 atom stereocenters. The first-order chi connectivity index (χ1) is 9.61. The first-order valence-electron chi connectivity index (χ1n) is 6.10. The molecule has 0 aromatic carbocycles. The van der Waals surface area contributed by atoms with Crippen molar-refractivity contribution in [2.75, 3.05) is 20.3 Å². The molecule has 8 heteroatoms. The number of hydrogen-bond donors (Lipinski definition) is 0. The van der Waals surface area contributed by atoms with Crippen molar-refractivity contribution in [3.05, 3.63) is 28.9 Å². The fourth-order valence-corrected chi connectivity index (χ4v) is 1.63. The zero-order valence-corrected chi connectivity index (χ0v) is 11.6. The second kappa shape index (κ2) is 6.29. The highest BCUT2D eigenvalue weighted by Crippen LogP contribution is 2.09. The molecule has 0 saturated carbocycles. The molecule has 2 rings (SSSR count). The van der Waals surface area contributed by atoms with Crippen LogP contribution in [0, 0.1) is 13.8 Å². The number of methoxy groups -OCH3 is 1. The van der Waals surface area contributed by atoms with Gasteiger partial charge in [0.25, 0.3) is 0 Å². The molecule has 0 amide bonds. The van der Waals surface area contributed by atoms with Gasteiger partial charge in [-0.05, 0) is 13.8 Å². The minimum atomic E-state index is -0.512. The molecule has 0 aliphatic heterocycles. The lowest BCUT2D eigenvalue weighted by molar-refractivity contribution is 0.0380. The molecule has 0 N–H and O–H groups in total. The molecule has 2 heterocycles. The van der Waals surface area contributed by atoms with Crippen molar-refractivity contribution >= 4 is 5.97 Å². The van der Waals surface area contributed by atoms with Gasteiger partial charge in [-0.1, -0.05) is 10.4 Å². The average Bonchev–Trinajstić information content (AvgIpc) is 2.98. The maximum absolute atomic E-state index is 11.8. The van der Waals surface area contributed by atoms with Crippen molar-refractivity contribution in [1.29, 1.82) is 0 Å². The van der Waals surface area contributed by atoms with Gasteiger partial charge in [0.2, 0.25) is 0 Å². The summed E-state index contributed by atoms with van der Waals surface area (Å²) >= 11 is 0. The highest BCUT2D eigenvalue weighted by Gasteiger charge is 2.18. The number of carbonyl (C=O) groups excluding carboxylic acids is 1. The van der Waals surface area contributed by atoms with Gasteiger partial charge in [0.1, 0.15) is 18.1 Å². The molecule has 0 unspecified atom stereocenters. The Bertz CT molecular complexity index is 590. The lowest BCUT2D eigenvalue weighted by atomic mass is 10.3. The molecule has 2 aromatic rings. The van der Waals surface area contributed by atoms with Gasteiger partial charge < -0.3 is 14.0 Å². The van der Waals surface area contributed by atoms with Crippen LogP contribution in [0.25, 0.3) is 0 Å². The molecule has 0 spiro atoms. The number of hydrogen-bond acceptors (Lipinski definition) is 7. The summed E-state index contributed by atoms with van der Waals surface area (Å²) in [4.78, 5) is 11.8. The Morgan fingerprint density at radius 1 is 1.40 bits per heavy atom. The van der Waals surface area contributed by atoms with E-state index in [1.54, 1.807) is 17.7 Å². The number of nitrogens with zero attached hydrogens (tertiary/aromatic N) is 4. The minimum absolute atomic E-state index is 0.185. The Balaban J connectivity index is 2.04. The van der Waals surface area contributed by atoms with Gasteiger partial charge in [0, 0.05) is 13.2 Å². The van der Waals surface area contributed by atoms with Crippen molar-refractivity contribution in [3.63, 3.8) is 0 Å². The van der Waals surface area contributed by atoms with Crippen molar-refractivity contribution < 1.29 is 18.8 Å². The minimum Gasteiger partial charge on any atom is -0.458 e. The molecule has 2 aromatic heterocycles. The fraction of sp³-hybridized carbons (Fsp3) is 0.500. The zero-order valence-electron chi connectivity index (χ0n) is 11.6. The first-order valence-corrected chi connectivity index (χ1v) is 6.10. The topological polar surface area (TPSA) is 92.3 Å². The molecular formula is C12H16N4O4. The average molecular weight is 280 g/mol. The van der Waals surface area contributed by atoms with Gasteiger partial charge in [0.05, 0.1) is 18.8 Å². The largest absolute Gasteiger partial charge is 0.458 e. The predicted octanol–water partition coefficient (Wildman–Crippen LogP) is 0.734. The number of rotatable bonds is 6. The summed E-state index contributed by atoms with van der Waals surface area (Å²) in [6.45, 7) is 4.48. The van der Waals surface area contributed by atoms with Crippen molar-refractivity contribution in [3.8, 4) is 0 Å². The maximum atomic E-state index is 11.8. The summed E-state index contributed by atoms with van der Waals surface area (Å²) in [5, 5.41) is 11.6. The summed E-state index contributed by atoms with van der Waals surface area (Å²) < 4.78 is 16.4. The Morgan fingerprint density at radius 3 is 2.85 bits per heavy atom. The van der Waals surface area contributed by atoms with Crippen LogP contribution in [0.5, 0.6) is 0 Å². The van der Waals surface area contributed by atoms with Gasteiger partial charge in [-0.3, -0.25) is 0 Å². The maximum Gasteiger partial charge on any atom is 0.360 e. The predicted molar refractivity (Wildman–Crippen MR) is 67.3 cm³/mol. The number of esters is 1. The van der Waals surface area contributed by atoms with E-state index in [4.69, 9.17) is 14.0 Å². The van der Waals surface area contributed by atoms with E-state index in [0.717, 1.165) is 11.5 Å². The van der Waals surface area contributed by atoms with E-state index in [-0.39, 0.29) is 12.3 Å². The molecule has 0 radical (unpaired) electrons. The molecule has 0 fully saturated rings. The Morgan fingerprint density at radius 2 is 2.20 bits per heavy atom. The fourth-order valence-electron chi connectivity index (χ4n) is 1.63. The highest BCUT2D eigenvalue weighted by atomic mass is 16.6. The van der Waals surface area contributed by atoms with Gasteiger partial charge >= 0.3 is 5.97 Å². The molecule has 0 aliphatic rings. The molecule has 0 aliphatic carbocycles. The van der Waals surface area contributed by atoms with Gasteiger partial charge in [-0.15, -0.1) is 5.10 Å².